The molecule has 0 aromatic heterocycles. The quantitative estimate of drug-likeness (QED) is 0.644. The van der Waals surface area contributed by atoms with Crippen LogP contribution in [0.2, 0.25) is 0 Å². The number of carbonyl (C=O) groups is 2. The van der Waals surface area contributed by atoms with Crippen LogP contribution in [0.25, 0.3) is 0 Å². The van der Waals surface area contributed by atoms with Crippen LogP contribution in [-0.2, 0) is 21.5 Å². The van der Waals surface area contributed by atoms with Gasteiger partial charge in [-0.3, -0.25) is 9.59 Å². The molecular formula is C27H36N2O3. The molecule has 1 atom stereocenters. The van der Waals surface area contributed by atoms with Gasteiger partial charge in [-0.1, -0.05) is 82.1 Å². The Balaban J connectivity index is 1.73. The zero-order chi connectivity index (χ0) is 23.1. The molecule has 5 nitrogen and oxygen atoms in total. The molecule has 172 valence electrons. The third-order valence-corrected chi connectivity index (χ3v) is 6.11. The maximum absolute atomic E-state index is 13.3. The fraction of sp³-hybridized carbons (Fsp3) is 0.481. The van der Waals surface area contributed by atoms with Crippen LogP contribution in [0.4, 0.5) is 0 Å². The number of carbonyl (C=O) groups excluding carboxylic acids is 2. The number of hydrogen-bond donors (Lipinski definition) is 1. The molecule has 1 unspecified atom stereocenters. The number of para-hydroxylation sites is 1. The summed E-state index contributed by atoms with van der Waals surface area (Å²) >= 11 is 0. The fourth-order valence-electron chi connectivity index (χ4n) is 4.19. The van der Waals surface area contributed by atoms with E-state index in [0.29, 0.717) is 12.3 Å². The summed E-state index contributed by atoms with van der Waals surface area (Å²) in [5.41, 5.74) is 1.93. The average molecular weight is 437 g/mol. The highest BCUT2D eigenvalue weighted by atomic mass is 16.5. The molecule has 0 aliphatic heterocycles. The summed E-state index contributed by atoms with van der Waals surface area (Å²) in [7, 11) is 0. The number of nitrogens with one attached hydrogen (secondary N) is 1. The molecule has 1 saturated carbocycles. The topological polar surface area (TPSA) is 58.6 Å². The first-order chi connectivity index (χ1) is 15.3. The lowest BCUT2D eigenvalue weighted by atomic mass is 9.86. The monoisotopic (exact) mass is 436 g/mol. The summed E-state index contributed by atoms with van der Waals surface area (Å²) in [6, 6.07) is 17.2. The van der Waals surface area contributed by atoms with E-state index in [0.717, 1.165) is 36.8 Å². The number of ether oxygens (including phenoxy) is 1. The van der Waals surface area contributed by atoms with Crippen molar-refractivity contribution in [3.05, 3.63) is 65.7 Å². The standard InChI is InChI=1S/C27H36N2O3/c1-20(26(31)28-22-14-8-9-15-22)29(18-21-12-6-5-7-13-21)25(30)19-32-24-17-11-10-16-23(24)27(2,3)4/h5-7,10-13,16-17,20,22H,8-9,14-15,18-19H2,1-4H3,(H,28,31). The lowest BCUT2D eigenvalue weighted by Crippen LogP contribution is -2.50. The average Bonchev–Trinajstić information content (AvgIpc) is 3.28. The van der Waals surface area contributed by atoms with Crippen LogP contribution in [0.3, 0.4) is 0 Å². The summed E-state index contributed by atoms with van der Waals surface area (Å²) < 4.78 is 5.98. The van der Waals surface area contributed by atoms with Gasteiger partial charge in [0.25, 0.3) is 5.91 Å². The molecule has 2 aromatic rings. The molecule has 3 rings (SSSR count). The van der Waals surface area contributed by atoms with E-state index >= 15 is 0 Å². The number of amides is 2. The van der Waals surface area contributed by atoms with Crippen molar-refractivity contribution >= 4 is 11.8 Å². The molecule has 1 aliphatic rings. The number of hydrogen-bond acceptors (Lipinski definition) is 3. The lowest BCUT2D eigenvalue weighted by molar-refractivity contribution is -0.142. The molecule has 0 heterocycles. The first kappa shape index (κ1) is 23.8. The van der Waals surface area contributed by atoms with Gasteiger partial charge in [-0.2, -0.15) is 0 Å². The van der Waals surface area contributed by atoms with Crippen LogP contribution >= 0.6 is 0 Å². The van der Waals surface area contributed by atoms with Crippen molar-refractivity contribution in [3.63, 3.8) is 0 Å². The predicted molar refractivity (Wildman–Crippen MR) is 127 cm³/mol. The molecule has 2 aromatic carbocycles. The Morgan fingerprint density at radius 1 is 1.03 bits per heavy atom. The second-order valence-electron chi connectivity index (χ2n) is 9.71. The summed E-state index contributed by atoms with van der Waals surface area (Å²) in [6.07, 6.45) is 4.32. The second kappa shape index (κ2) is 10.7. The molecule has 0 saturated heterocycles. The maximum atomic E-state index is 13.3. The Hall–Kier alpha value is -2.82. The van der Waals surface area contributed by atoms with Gasteiger partial charge in [0.15, 0.2) is 6.61 Å². The summed E-state index contributed by atoms with van der Waals surface area (Å²) in [6.45, 7) is 8.41. The predicted octanol–water partition coefficient (Wildman–Crippen LogP) is 4.84. The lowest BCUT2D eigenvalue weighted by Gasteiger charge is -2.30. The Kier molecular flexibility index (Phi) is 7.94. The van der Waals surface area contributed by atoms with Crippen molar-refractivity contribution in [2.24, 2.45) is 0 Å². The minimum absolute atomic E-state index is 0.0994. The zero-order valence-electron chi connectivity index (χ0n) is 19.8. The Bertz CT molecular complexity index is 899. The van der Waals surface area contributed by atoms with Crippen molar-refractivity contribution < 1.29 is 14.3 Å². The third kappa shape index (κ3) is 6.35. The minimum atomic E-state index is -0.579. The van der Waals surface area contributed by atoms with E-state index in [9.17, 15) is 9.59 Å². The van der Waals surface area contributed by atoms with E-state index in [1.165, 1.54) is 0 Å². The van der Waals surface area contributed by atoms with Crippen LogP contribution in [0.5, 0.6) is 5.75 Å². The van der Waals surface area contributed by atoms with E-state index < -0.39 is 6.04 Å². The van der Waals surface area contributed by atoms with E-state index in [1.807, 2.05) is 54.6 Å². The minimum Gasteiger partial charge on any atom is -0.483 e. The molecule has 0 spiro atoms. The summed E-state index contributed by atoms with van der Waals surface area (Å²) in [5.74, 6) is 0.402. The summed E-state index contributed by atoms with van der Waals surface area (Å²) in [5, 5.41) is 3.13. The van der Waals surface area contributed by atoms with Gasteiger partial charge in [-0.15, -0.1) is 0 Å². The molecule has 32 heavy (non-hydrogen) atoms. The first-order valence-electron chi connectivity index (χ1n) is 11.6. The SMILES string of the molecule is CC(C(=O)NC1CCCC1)N(Cc1ccccc1)C(=O)COc1ccccc1C(C)(C)C. The number of rotatable bonds is 8. The highest BCUT2D eigenvalue weighted by molar-refractivity contribution is 5.88. The Morgan fingerprint density at radius 3 is 2.31 bits per heavy atom. The molecule has 0 radical (unpaired) electrons. The Labute approximate surface area is 192 Å². The summed E-state index contributed by atoms with van der Waals surface area (Å²) in [4.78, 5) is 27.9. The van der Waals surface area contributed by atoms with Crippen molar-refractivity contribution in [1.29, 1.82) is 0 Å². The van der Waals surface area contributed by atoms with Gasteiger partial charge in [-0.25, -0.2) is 0 Å². The fourth-order valence-corrected chi connectivity index (χ4v) is 4.19. The van der Waals surface area contributed by atoms with Gasteiger partial charge < -0.3 is 15.0 Å². The molecule has 5 heteroatoms. The van der Waals surface area contributed by atoms with Gasteiger partial charge in [0.1, 0.15) is 11.8 Å². The van der Waals surface area contributed by atoms with Crippen LogP contribution < -0.4 is 10.1 Å². The van der Waals surface area contributed by atoms with E-state index in [2.05, 4.69) is 26.1 Å². The van der Waals surface area contributed by atoms with Crippen molar-refractivity contribution in [1.82, 2.24) is 10.2 Å². The molecule has 1 aliphatic carbocycles. The van der Waals surface area contributed by atoms with E-state index in [1.54, 1.807) is 11.8 Å². The van der Waals surface area contributed by atoms with Crippen LogP contribution in [-0.4, -0.2) is 35.4 Å². The molecule has 2 amide bonds. The van der Waals surface area contributed by atoms with Gasteiger partial charge in [0.2, 0.25) is 5.91 Å². The van der Waals surface area contributed by atoms with Gasteiger partial charge in [0.05, 0.1) is 0 Å². The van der Waals surface area contributed by atoms with E-state index in [4.69, 9.17) is 4.74 Å². The molecular weight excluding hydrogens is 400 g/mol. The van der Waals surface area contributed by atoms with Crippen LogP contribution in [0.15, 0.2) is 54.6 Å². The normalized spacial score (nSPS) is 15.2. The van der Waals surface area contributed by atoms with E-state index in [-0.39, 0.29) is 29.9 Å². The molecule has 1 fully saturated rings. The van der Waals surface area contributed by atoms with Crippen molar-refractivity contribution in [3.8, 4) is 5.75 Å². The van der Waals surface area contributed by atoms with Gasteiger partial charge in [-0.05, 0) is 42.4 Å². The zero-order valence-corrected chi connectivity index (χ0v) is 19.8. The highest BCUT2D eigenvalue weighted by Gasteiger charge is 2.29. The smallest absolute Gasteiger partial charge is 0.261 e. The molecule has 1 N–H and O–H groups in total. The first-order valence-corrected chi connectivity index (χ1v) is 11.6. The largest absolute Gasteiger partial charge is 0.483 e. The number of benzene rings is 2. The Morgan fingerprint density at radius 2 is 1.66 bits per heavy atom. The second-order valence-corrected chi connectivity index (χ2v) is 9.71. The van der Waals surface area contributed by atoms with Crippen molar-refractivity contribution in [2.45, 2.75) is 77.4 Å². The highest BCUT2D eigenvalue weighted by Crippen LogP contribution is 2.31. The van der Waals surface area contributed by atoms with Gasteiger partial charge in [0, 0.05) is 12.6 Å². The number of nitrogens with zero attached hydrogens (tertiary/aromatic N) is 1. The molecule has 0 bridgehead atoms. The third-order valence-electron chi connectivity index (χ3n) is 6.11. The van der Waals surface area contributed by atoms with Crippen LogP contribution in [0.1, 0.15) is 64.5 Å². The maximum Gasteiger partial charge on any atom is 0.261 e. The van der Waals surface area contributed by atoms with Crippen LogP contribution in [0, 0.1) is 0 Å². The van der Waals surface area contributed by atoms with Crippen molar-refractivity contribution in [2.75, 3.05) is 6.61 Å². The van der Waals surface area contributed by atoms with Gasteiger partial charge >= 0.3 is 0 Å².